The second-order valence-electron chi connectivity index (χ2n) is 18.2. The largest absolute Gasteiger partial charge is 0.489 e. The Labute approximate surface area is 361 Å². The first kappa shape index (κ1) is 42.1. The molecule has 3 saturated heterocycles. The maximum atomic E-state index is 13.5. The number of nitriles is 1. The number of hydrogen-bond acceptors (Lipinski definition) is 10. The van der Waals surface area contributed by atoms with Crippen LogP contribution in [-0.4, -0.2) is 94.9 Å². The van der Waals surface area contributed by atoms with Crippen molar-refractivity contribution >= 4 is 40.7 Å². The van der Waals surface area contributed by atoms with E-state index in [1.54, 1.807) is 25.2 Å². The lowest BCUT2D eigenvalue weighted by Gasteiger charge is -2.63. The molecule has 3 aliphatic heterocycles. The average molecular weight is 848 g/mol. The number of nitrogens with zero attached hydrogens (tertiary/aromatic N) is 7. The van der Waals surface area contributed by atoms with Crippen LogP contribution >= 0.6 is 11.6 Å². The summed E-state index contributed by atoms with van der Waals surface area (Å²) in [5, 5.41) is 19.7. The fourth-order valence-corrected chi connectivity index (χ4v) is 10.4. The fourth-order valence-electron chi connectivity index (χ4n) is 10.2. The number of benzene rings is 3. The summed E-state index contributed by atoms with van der Waals surface area (Å²) in [7, 11) is 1.65. The van der Waals surface area contributed by atoms with Gasteiger partial charge in [0.2, 0.25) is 5.91 Å². The van der Waals surface area contributed by atoms with Crippen molar-refractivity contribution in [3.05, 3.63) is 93.4 Å². The molecule has 61 heavy (non-hydrogen) atoms. The van der Waals surface area contributed by atoms with Gasteiger partial charge < -0.3 is 19.9 Å². The van der Waals surface area contributed by atoms with Gasteiger partial charge >= 0.3 is 5.69 Å². The van der Waals surface area contributed by atoms with E-state index in [2.05, 4.69) is 88.5 Å². The molecule has 0 spiro atoms. The van der Waals surface area contributed by atoms with E-state index >= 15 is 0 Å². The first-order valence-corrected chi connectivity index (χ1v) is 21.6. The quantitative estimate of drug-likeness (QED) is 0.198. The number of carbonyl (C=O) groups excluding carboxylic acids is 3. The van der Waals surface area contributed by atoms with Crippen LogP contribution in [0.4, 0.5) is 11.4 Å². The topological polar surface area (TPSA) is 158 Å². The van der Waals surface area contributed by atoms with Crippen molar-refractivity contribution < 1.29 is 19.1 Å². The van der Waals surface area contributed by atoms with Gasteiger partial charge in [0.15, 0.2) is 5.82 Å². The van der Waals surface area contributed by atoms with Crippen LogP contribution in [0.1, 0.15) is 75.3 Å². The van der Waals surface area contributed by atoms with Gasteiger partial charge in [0.25, 0.3) is 11.8 Å². The molecule has 1 aliphatic carbocycles. The minimum atomic E-state index is -0.798. The second-order valence-corrected chi connectivity index (χ2v) is 18.6. The Morgan fingerprint density at radius 3 is 2.11 bits per heavy atom. The highest BCUT2D eigenvalue weighted by Gasteiger charge is 2.64. The highest BCUT2D eigenvalue weighted by molar-refractivity contribution is 6.31. The van der Waals surface area contributed by atoms with Crippen molar-refractivity contribution in [2.24, 2.45) is 23.8 Å². The summed E-state index contributed by atoms with van der Waals surface area (Å²) in [5.41, 5.74) is 3.01. The Morgan fingerprint density at radius 1 is 0.885 bits per heavy atom. The van der Waals surface area contributed by atoms with Gasteiger partial charge in [-0.1, -0.05) is 39.3 Å². The third kappa shape index (κ3) is 8.25. The molecule has 4 fully saturated rings. The lowest BCUT2D eigenvalue weighted by Crippen LogP contribution is -2.74. The number of piperazine rings is 1. The van der Waals surface area contributed by atoms with Crippen LogP contribution < -0.4 is 30.9 Å². The monoisotopic (exact) mass is 847 g/mol. The minimum absolute atomic E-state index is 0.0990. The standard InChI is InChI=1S/C46H54ClN9O5/c1-45(2)42(46(3,4)43(45)61-35-15-10-32(27-48)36(47)26-35)50-40(58)31-8-13-33(14-9-31)54-20-18-29(19-21-54)28-53-22-24-55(25-23-53)34-11-6-30(7-12-34)39-51-56(44(60)52(39)5)37-16-17-38(57)49-41(37)59/h6-15,26,29,37,42-43H,16-25,28H2,1-5H3,(H,50,58)(H,49,57,59)/t37-,42?,43?/m1/s1. The smallest absolute Gasteiger partial charge is 0.346 e. The highest BCUT2D eigenvalue weighted by Crippen LogP contribution is 2.55. The molecule has 2 N–H and O–H groups in total. The molecule has 0 unspecified atom stereocenters. The van der Waals surface area contributed by atoms with E-state index in [-0.39, 0.29) is 53.3 Å². The zero-order valence-corrected chi connectivity index (χ0v) is 36.2. The van der Waals surface area contributed by atoms with E-state index in [0.29, 0.717) is 33.6 Å². The van der Waals surface area contributed by atoms with Gasteiger partial charge in [-0.3, -0.25) is 29.2 Å². The van der Waals surface area contributed by atoms with Crippen molar-refractivity contribution in [3.63, 3.8) is 0 Å². The van der Waals surface area contributed by atoms with Crippen molar-refractivity contribution in [2.75, 3.05) is 55.6 Å². The lowest BCUT2D eigenvalue weighted by atomic mass is 9.49. The van der Waals surface area contributed by atoms with E-state index in [1.165, 1.54) is 9.25 Å². The molecule has 14 nitrogen and oxygen atoms in total. The van der Waals surface area contributed by atoms with E-state index in [1.807, 2.05) is 24.3 Å². The van der Waals surface area contributed by atoms with E-state index in [9.17, 15) is 24.4 Å². The molecule has 3 amide bonds. The van der Waals surface area contributed by atoms with Gasteiger partial charge in [0.1, 0.15) is 24.0 Å². The van der Waals surface area contributed by atoms with Gasteiger partial charge in [0, 0.05) is 105 Å². The van der Waals surface area contributed by atoms with Crippen LogP contribution in [0.2, 0.25) is 5.02 Å². The average Bonchev–Trinajstić information content (AvgIpc) is 3.54. The van der Waals surface area contributed by atoms with Gasteiger partial charge in [-0.25, -0.2) is 9.48 Å². The van der Waals surface area contributed by atoms with Crippen molar-refractivity contribution in [2.45, 2.75) is 71.6 Å². The summed E-state index contributed by atoms with van der Waals surface area (Å²) in [4.78, 5) is 57.9. The number of ether oxygens (including phenoxy) is 1. The molecule has 15 heteroatoms. The molecule has 320 valence electrons. The number of rotatable bonds is 10. The van der Waals surface area contributed by atoms with Crippen molar-refractivity contribution in [1.29, 1.82) is 5.26 Å². The number of amides is 3. The zero-order valence-electron chi connectivity index (χ0n) is 35.5. The number of aromatic nitrogens is 3. The molecule has 4 aromatic rings. The summed E-state index contributed by atoms with van der Waals surface area (Å²) in [6.45, 7) is 15.3. The van der Waals surface area contributed by atoms with Crippen LogP contribution in [0.15, 0.2) is 71.5 Å². The molecule has 4 aliphatic rings. The zero-order chi connectivity index (χ0) is 43.2. The summed E-state index contributed by atoms with van der Waals surface area (Å²) >= 11 is 6.26. The lowest BCUT2D eigenvalue weighted by molar-refractivity contribution is -0.164. The van der Waals surface area contributed by atoms with Gasteiger partial charge in [-0.2, -0.15) is 5.26 Å². The molecule has 1 aromatic heterocycles. The molecule has 1 saturated carbocycles. The van der Waals surface area contributed by atoms with Crippen molar-refractivity contribution in [3.8, 4) is 23.2 Å². The predicted octanol–water partition coefficient (Wildman–Crippen LogP) is 5.40. The predicted molar refractivity (Wildman–Crippen MR) is 234 cm³/mol. The minimum Gasteiger partial charge on any atom is -0.489 e. The number of carbonyl (C=O) groups is 3. The van der Waals surface area contributed by atoms with E-state index in [0.717, 1.165) is 75.6 Å². The van der Waals surface area contributed by atoms with Crippen LogP contribution in [0.5, 0.6) is 5.75 Å². The van der Waals surface area contributed by atoms with Crippen LogP contribution in [0.3, 0.4) is 0 Å². The highest BCUT2D eigenvalue weighted by atomic mass is 35.5. The third-order valence-corrected chi connectivity index (χ3v) is 13.7. The molecule has 1 atom stereocenters. The number of anilines is 2. The van der Waals surface area contributed by atoms with Gasteiger partial charge in [0.05, 0.1) is 10.6 Å². The molecule has 0 radical (unpaired) electrons. The molecule has 4 heterocycles. The summed E-state index contributed by atoms with van der Waals surface area (Å²) < 4.78 is 9.03. The number of hydrogen-bond donors (Lipinski definition) is 2. The van der Waals surface area contributed by atoms with Gasteiger partial charge in [-0.15, -0.1) is 5.10 Å². The molecule has 3 aromatic carbocycles. The Hall–Kier alpha value is -5.65. The van der Waals surface area contributed by atoms with Crippen LogP contribution in [0, 0.1) is 28.1 Å². The maximum Gasteiger partial charge on any atom is 0.346 e. The first-order valence-electron chi connectivity index (χ1n) is 21.2. The van der Waals surface area contributed by atoms with Crippen LogP contribution in [-0.2, 0) is 16.6 Å². The molecule has 8 rings (SSSR count). The van der Waals surface area contributed by atoms with E-state index < -0.39 is 11.9 Å². The first-order chi connectivity index (χ1) is 29.1. The van der Waals surface area contributed by atoms with Gasteiger partial charge in [-0.05, 0) is 85.8 Å². The Morgan fingerprint density at radius 2 is 1.51 bits per heavy atom. The van der Waals surface area contributed by atoms with Crippen molar-refractivity contribution in [1.82, 2.24) is 29.9 Å². The number of nitrogens with one attached hydrogen (secondary N) is 2. The Balaban J connectivity index is 0.782. The Bertz CT molecular complexity index is 2390. The Kier molecular flexibility index (Phi) is 11.5. The summed E-state index contributed by atoms with van der Waals surface area (Å²) in [6.07, 6.45) is 2.50. The normalized spacial score (nSPS) is 22.9. The molecule has 0 bridgehead atoms. The molecular formula is C46H54ClN9O5. The third-order valence-electron chi connectivity index (χ3n) is 13.4. The number of halogens is 1. The van der Waals surface area contributed by atoms with Crippen LogP contribution in [0.25, 0.3) is 11.4 Å². The second kappa shape index (κ2) is 16.7. The number of piperidine rings is 2. The summed E-state index contributed by atoms with van der Waals surface area (Å²) in [6, 6.07) is 22.3. The van der Waals surface area contributed by atoms with E-state index in [4.69, 9.17) is 16.3 Å². The maximum absolute atomic E-state index is 13.5. The fraction of sp³-hybridized carbons (Fsp3) is 0.478. The molecular weight excluding hydrogens is 794 g/mol. The number of imide groups is 1. The SMILES string of the molecule is Cn1c(-c2ccc(N3CCN(CC4CCN(c5ccc(C(=O)NC6C(C)(C)C(Oc7ccc(C#N)c(Cl)c7)C6(C)C)cc5)CC4)CC3)cc2)nn([C@@H]2CCC(=O)NC2=O)c1=O. The summed E-state index contributed by atoms with van der Waals surface area (Å²) in [5.74, 6) is 0.789.